The molecule has 0 unspecified atom stereocenters. The highest BCUT2D eigenvalue weighted by molar-refractivity contribution is 5.90. The topological polar surface area (TPSA) is 122 Å². The summed E-state index contributed by atoms with van der Waals surface area (Å²) in [5.74, 6) is 0.115. The summed E-state index contributed by atoms with van der Waals surface area (Å²) in [6.45, 7) is 0. The molecular weight excluding hydrogens is 266 g/mol. The van der Waals surface area contributed by atoms with Gasteiger partial charge in [-0.25, -0.2) is 4.98 Å². The highest BCUT2D eigenvalue weighted by Gasteiger charge is 2.14. The van der Waals surface area contributed by atoms with Crippen molar-refractivity contribution in [1.82, 2.24) is 9.97 Å². The van der Waals surface area contributed by atoms with E-state index in [1.165, 1.54) is 12.3 Å². The lowest BCUT2D eigenvalue weighted by Gasteiger charge is -2.10. The van der Waals surface area contributed by atoms with Crippen LogP contribution in [0.4, 0.5) is 11.5 Å². The molecule has 1 aromatic carbocycles. The van der Waals surface area contributed by atoms with Crippen molar-refractivity contribution in [3.05, 3.63) is 52.4 Å². The molecular formula is C15H11N5O. The van der Waals surface area contributed by atoms with Gasteiger partial charge in [0.2, 0.25) is 0 Å². The summed E-state index contributed by atoms with van der Waals surface area (Å²) in [7, 11) is 0. The number of aromatic nitrogens is 2. The normalized spacial score (nSPS) is 10.4. The number of fused-ring (bicyclic) bond motifs is 1. The van der Waals surface area contributed by atoms with Crippen LogP contribution in [-0.4, -0.2) is 9.97 Å². The van der Waals surface area contributed by atoms with Gasteiger partial charge < -0.3 is 16.5 Å². The maximum absolute atomic E-state index is 11.9. The van der Waals surface area contributed by atoms with Crippen molar-refractivity contribution in [1.29, 1.82) is 5.26 Å². The first-order valence-electron chi connectivity index (χ1n) is 6.17. The van der Waals surface area contributed by atoms with Crippen LogP contribution in [0.5, 0.6) is 0 Å². The number of anilines is 2. The van der Waals surface area contributed by atoms with Crippen LogP contribution in [0.25, 0.3) is 22.0 Å². The van der Waals surface area contributed by atoms with E-state index in [-0.39, 0.29) is 16.8 Å². The standard InChI is InChI=1S/C15H11N5O/c16-6-10-14(11(17)7-20-15(10)18)8-1-2-12-9(5-8)13(21)3-4-19-12/h1-5,7H,17H2,(H2,18,20)(H,19,21). The maximum atomic E-state index is 11.9. The fourth-order valence-corrected chi connectivity index (χ4v) is 2.29. The number of nitrogens with zero attached hydrogens (tertiary/aromatic N) is 2. The van der Waals surface area contributed by atoms with Crippen molar-refractivity contribution < 1.29 is 0 Å². The van der Waals surface area contributed by atoms with E-state index >= 15 is 0 Å². The summed E-state index contributed by atoms with van der Waals surface area (Å²) in [6.07, 6.45) is 2.99. The Balaban J connectivity index is 2.37. The zero-order chi connectivity index (χ0) is 15.0. The Kier molecular flexibility index (Phi) is 2.81. The van der Waals surface area contributed by atoms with E-state index in [1.807, 2.05) is 6.07 Å². The summed E-state index contributed by atoms with van der Waals surface area (Å²) >= 11 is 0. The molecule has 21 heavy (non-hydrogen) atoms. The van der Waals surface area contributed by atoms with Crippen LogP contribution < -0.4 is 16.9 Å². The molecule has 6 heteroatoms. The van der Waals surface area contributed by atoms with Crippen LogP contribution in [0.1, 0.15) is 5.56 Å². The Bertz CT molecular complexity index is 952. The second-order valence-electron chi connectivity index (χ2n) is 4.56. The van der Waals surface area contributed by atoms with Crippen LogP contribution in [0.15, 0.2) is 41.5 Å². The minimum absolute atomic E-state index is 0.107. The van der Waals surface area contributed by atoms with Gasteiger partial charge in [-0.1, -0.05) is 6.07 Å². The highest BCUT2D eigenvalue weighted by atomic mass is 16.1. The number of aromatic amines is 1. The van der Waals surface area contributed by atoms with E-state index in [1.54, 1.807) is 24.4 Å². The van der Waals surface area contributed by atoms with Gasteiger partial charge in [0.15, 0.2) is 5.43 Å². The Morgan fingerprint density at radius 3 is 2.81 bits per heavy atom. The van der Waals surface area contributed by atoms with Gasteiger partial charge in [0, 0.05) is 28.7 Å². The third kappa shape index (κ3) is 1.97. The first-order chi connectivity index (χ1) is 10.1. The van der Waals surface area contributed by atoms with Gasteiger partial charge in [0.05, 0.1) is 11.9 Å². The number of benzene rings is 1. The summed E-state index contributed by atoms with van der Waals surface area (Å²) in [6, 6.07) is 8.70. The maximum Gasteiger partial charge on any atom is 0.189 e. The Hall–Kier alpha value is -3.33. The number of pyridine rings is 2. The van der Waals surface area contributed by atoms with Gasteiger partial charge in [0.25, 0.3) is 0 Å². The molecule has 5 N–H and O–H groups in total. The van der Waals surface area contributed by atoms with E-state index in [0.29, 0.717) is 27.7 Å². The molecule has 0 aliphatic rings. The molecule has 0 amide bonds. The molecule has 0 aliphatic carbocycles. The monoisotopic (exact) mass is 277 g/mol. The lowest BCUT2D eigenvalue weighted by molar-refractivity contribution is 1.31. The SMILES string of the molecule is N#Cc1c(N)ncc(N)c1-c1ccc2[nH]ccc(=O)c2c1. The van der Waals surface area contributed by atoms with Crippen molar-refractivity contribution in [3.63, 3.8) is 0 Å². The van der Waals surface area contributed by atoms with Gasteiger partial charge in [-0.2, -0.15) is 5.26 Å². The molecule has 2 heterocycles. The Morgan fingerprint density at radius 1 is 1.24 bits per heavy atom. The Labute approximate surface area is 119 Å². The minimum atomic E-state index is -0.107. The number of nitrogen functional groups attached to an aromatic ring is 2. The summed E-state index contributed by atoms with van der Waals surface area (Å²) in [4.78, 5) is 18.8. The fourth-order valence-electron chi connectivity index (χ4n) is 2.29. The molecule has 0 atom stereocenters. The molecule has 3 aromatic rings. The predicted molar refractivity (Wildman–Crippen MR) is 81.3 cm³/mol. The third-order valence-corrected chi connectivity index (χ3v) is 3.30. The molecule has 0 radical (unpaired) electrons. The molecule has 0 bridgehead atoms. The van der Waals surface area contributed by atoms with Crippen molar-refractivity contribution in [2.75, 3.05) is 11.5 Å². The quantitative estimate of drug-likeness (QED) is 0.624. The molecule has 3 rings (SSSR count). The van der Waals surface area contributed by atoms with E-state index in [4.69, 9.17) is 11.5 Å². The molecule has 6 nitrogen and oxygen atoms in total. The first kappa shape index (κ1) is 12.7. The largest absolute Gasteiger partial charge is 0.397 e. The van der Waals surface area contributed by atoms with Crippen LogP contribution in [0.2, 0.25) is 0 Å². The average Bonchev–Trinajstić information content (AvgIpc) is 2.49. The molecule has 0 spiro atoms. The smallest absolute Gasteiger partial charge is 0.189 e. The van der Waals surface area contributed by atoms with Gasteiger partial charge in [-0.05, 0) is 17.7 Å². The van der Waals surface area contributed by atoms with Crippen molar-refractivity contribution in [3.8, 4) is 17.2 Å². The number of hydrogen-bond donors (Lipinski definition) is 3. The van der Waals surface area contributed by atoms with Crippen molar-refractivity contribution in [2.45, 2.75) is 0 Å². The summed E-state index contributed by atoms with van der Waals surface area (Å²) in [5, 5.41) is 9.78. The van der Waals surface area contributed by atoms with Gasteiger partial charge in [-0.3, -0.25) is 4.79 Å². The number of nitrogens with one attached hydrogen (secondary N) is 1. The van der Waals surface area contributed by atoms with E-state index in [0.717, 1.165) is 0 Å². The zero-order valence-corrected chi connectivity index (χ0v) is 10.9. The summed E-state index contributed by atoms with van der Waals surface area (Å²) < 4.78 is 0. The fraction of sp³-hybridized carbons (Fsp3) is 0. The number of nitriles is 1. The highest BCUT2D eigenvalue weighted by Crippen LogP contribution is 2.32. The van der Waals surface area contributed by atoms with E-state index in [9.17, 15) is 10.1 Å². The molecule has 102 valence electrons. The molecule has 0 fully saturated rings. The molecule has 0 saturated heterocycles. The lowest BCUT2D eigenvalue weighted by atomic mass is 9.98. The third-order valence-electron chi connectivity index (χ3n) is 3.30. The van der Waals surface area contributed by atoms with Gasteiger partial charge in [-0.15, -0.1) is 0 Å². The van der Waals surface area contributed by atoms with Crippen molar-refractivity contribution in [2.24, 2.45) is 0 Å². The second-order valence-corrected chi connectivity index (χ2v) is 4.56. The minimum Gasteiger partial charge on any atom is -0.397 e. The lowest BCUT2D eigenvalue weighted by Crippen LogP contribution is -2.03. The number of rotatable bonds is 1. The zero-order valence-electron chi connectivity index (χ0n) is 10.9. The molecule has 0 saturated carbocycles. The van der Waals surface area contributed by atoms with E-state index in [2.05, 4.69) is 9.97 Å². The molecule has 2 aromatic heterocycles. The number of H-pyrrole nitrogens is 1. The van der Waals surface area contributed by atoms with Crippen LogP contribution in [0.3, 0.4) is 0 Å². The predicted octanol–water partition coefficient (Wildman–Crippen LogP) is 1.63. The first-order valence-corrected chi connectivity index (χ1v) is 6.17. The van der Waals surface area contributed by atoms with Crippen molar-refractivity contribution >= 4 is 22.4 Å². The van der Waals surface area contributed by atoms with Crippen LogP contribution in [0, 0.1) is 11.3 Å². The average molecular weight is 277 g/mol. The Morgan fingerprint density at radius 2 is 2.05 bits per heavy atom. The number of nitrogens with two attached hydrogens (primary N) is 2. The van der Waals surface area contributed by atoms with Crippen LogP contribution in [-0.2, 0) is 0 Å². The van der Waals surface area contributed by atoms with Crippen LogP contribution >= 0.6 is 0 Å². The molecule has 0 aliphatic heterocycles. The number of hydrogen-bond acceptors (Lipinski definition) is 5. The van der Waals surface area contributed by atoms with Gasteiger partial charge >= 0.3 is 0 Å². The second kappa shape index (κ2) is 4.65. The van der Waals surface area contributed by atoms with Gasteiger partial charge in [0.1, 0.15) is 17.5 Å². The van der Waals surface area contributed by atoms with E-state index < -0.39 is 0 Å². The summed E-state index contributed by atoms with van der Waals surface area (Å²) in [5.41, 5.74) is 14.0.